The van der Waals surface area contributed by atoms with Gasteiger partial charge >= 0.3 is 0 Å². The van der Waals surface area contributed by atoms with Crippen molar-refractivity contribution < 1.29 is 4.79 Å². The molecule has 0 spiro atoms. The minimum absolute atomic E-state index is 0.173. The van der Waals surface area contributed by atoms with Crippen molar-refractivity contribution in [3.05, 3.63) is 35.9 Å². The average Bonchev–Trinajstić information content (AvgIpc) is 3.15. The van der Waals surface area contributed by atoms with E-state index >= 15 is 0 Å². The predicted octanol–water partition coefficient (Wildman–Crippen LogP) is 4.11. The minimum atomic E-state index is 0.173. The smallest absolute Gasteiger partial charge is 0.223 e. The predicted molar refractivity (Wildman–Crippen MR) is 87.1 cm³/mol. The summed E-state index contributed by atoms with van der Waals surface area (Å²) in [5.74, 6) is 0.802. The van der Waals surface area contributed by atoms with Gasteiger partial charge in [0.25, 0.3) is 0 Å². The van der Waals surface area contributed by atoms with E-state index in [0.717, 1.165) is 12.8 Å². The number of halogens is 1. The van der Waals surface area contributed by atoms with Crippen LogP contribution in [0.15, 0.2) is 30.3 Å². The van der Waals surface area contributed by atoms with Crippen molar-refractivity contribution in [2.75, 3.05) is 6.54 Å². The van der Waals surface area contributed by atoms with Gasteiger partial charge in [0.05, 0.1) is 0 Å². The van der Waals surface area contributed by atoms with Gasteiger partial charge in [-0.05, 0) is 29.7 Å². The molecule has 1 aliphatic carbocycles. The van der Waals surface area contributed by atoms with Crippen LogP contribution in [-0.2, 0) is 4.79 Å². The van der Waals surface area contributed by atoms with Gasteiger partial charge in [-0.1, -0.05) is 67.0 Å². The second-order valence-electron chi connectivity index (χ2n) is 6.97. The molecule has 0 aromatic heterocycles. The molecular weight excluding hydrogens is 314 g/mol. The summed E-state index contributed by atoms with van der Waals surface area (Å²) in [5.41, 5.74) is 1.57. The van der Waals surface area contributed by atoms with Gasteiger partial charge in [-0.3, -0.25) is 4.79 Å². The summed E-state index contributed by atoms with van der Waals surface area (Å²) in [4.78, 5) is 12.5. The second kappa shape index (κ2) is 6.30. The molecule has 1 amide bonds. The van der Waals surface area contributed by atoms with E-state index in [9.17, 15) is 4.79 Å². The summed E-state index contributed by atoms with van der Waals surface area (Å²) in [6.07, 6.45) is 2.04. The molecule has 0 aliphatic heterocycles. The highest BCUT2D eigenvalue weighted by Gasteiger charge is 2.43. The first-order valence-corrected chi connectivity index (χ1v) is 8.25. The molecule has 1 N–H and O–H groups in total. The quantitative estimate of drug-likeness (QED) is 0.805. The van der Waals surface area contributed by atoms with E-state index in [-0.39, 0.29) is 17.2 Å². The molecule has 0 heterocycles. The first-order valence-electron chi connectivity index (χ1n) is 7.33. The van der Waals surface area contributed by atoms with Gasteiger partial charge in [-0.25, -0.2) is 0 Å². The number of hydrogen-bond acceptors (Lipinski definition) is 1. The van der Waals surface area contributed by atoms with Crippen molar-refractivity contribution >= 4 is 21.8 Å². The summed E-state index contributed by atoms with van der Waals surface area (Å²) < 4.78 is 0. The summed E-state index contributed by atoms with van der Waals surface area (Å²) in [7, 11) is 0. The molecule has 1 aromatic carbocycles. The number of alkyl halides is 1. The largest absolute Gasteiger partial charge is 0.355 e. The number of carbonyl (C=O) groups is 1. The molecule has 0 bridgehead atoms. The zero-order valence-corrected chi connectivity index (χ0v) is 14.1. The Kier molecular flexibility index (Phi) is 4.90. The van der Waals surface area contributed by atoms with Crippen LogP contribution in [-0.4, -0.2) is 17.3 Å². The Morgan fingerprint density at radius 1 is 1.35 bits per heavy atom. The molecule has 2 rings (SSSR count). The van der Waals surface area contributed by atoms with E-state index in [4.69, 9.17) is 0 Å². The number of rotatable bonds is 5. The molecule has 1 aromatic rings. The lowest BCUT2D eigenvalue weighted by Crippen LogP contribution is -2.32. The summed E-state index contributed by atoms with van der Waals surface area (Å²) in [5, 5.41) is 3.08. The molecule has 0 saturated heterocycles. The average molecular weight is 338 g/mol. The monoisotopic (exact) mass is 337 g/mol. The lowest BCUT2D eigenvalue weighted by atomic mass is 9.90. The molecule has 20 heavy (non-hydrogen) atoms. The van der Waals surface area contributed by atoms with Crippen LogP contribution in [0.2, 0.25) is 0 Å². The number of hydrogen-bond donors (Lipinski definition) is 1. The first-order chi connectivity index (χ1) is 9.37. The van der Waals surface area contributed by atoms with E-state index in [1.165, 1.54) is 5.56 Å². The van der Waals surface area contributed by atoms with Crippen LogP contribution in [0.3, 0.4) is 0 Å². The Hall–Kier alpha value is -0.830. The van der Waals surface area contributed by atoms with Crippen LogP contribution in [0.5, 0.6) is 0 Å². The van der Waals surface area contributed by atoms with E-state index in [1.807, 2.05) is 18.2 Å². The summed E-state index contributed by atoms with van der Waals surface area (Å²) in [6, 6.07) is 10.3. The van der Waals surface area contributed by atoms with Crippen LogP contribution in [0, 0.1) is 11.3 Å². The van der Waals surface area contributed by atoms with Crippen LogP contribution in [0.25, 0.3) is 0 Å². The zero-order valence-electron chi connectivity index (χ0n) is 12.5. The fourth-order valence-corrected chi connectivity index (χ4v) is 3.77. The van der Waals surface area contributed by atoms with Crippen LogP contribution < -0.4 is 5.32 Å². The molecular formula is C17H24BrNO. The first kappa shape index (κ1) is 15.6. The van der Waals surface area contributed by atoms with Crippen LogP contribution in [0.4, 0.5) is 0 Å². The van der Waals surface area contributed by atoms with Gasteiger partial charge in [0, 0.05) is 17.3 Å². The van der Waals surface area contributed by atoms with Crippen molar-refractivity contribution in [2.24, 2.45) is 11.3 Å². The maximum atomic E-state index is 12.1. The van der Waals surface area contributed by atoms with Gasteiger partial charge in [-0.2, -0.15) is 0 Å². The lowest BCUT2D eigenvalue weighted by molar-refractivity contribution is -0.122. The lowest BCUT2D eigenvalue weighted by Gasteiger charge is -2.22. The Morgan fingerprint density at radius 2 is 2.00 bits per heavy atom. The Bertz CT molecular complexity index is 452. The highest BCUT2D eigenvalue weighted by atomic mass is 79.9. The maximum Gasteiger partial charge on any atom is 0.223 e. The zero-order chi connectivity index (χ0) is 14.8. The topological polar surface area (TPSA) is 29.1 Å². The molecule has 3 atom stereocenters. The summed E-state index contributed by atoms with van der Waals surface area (Å²) in [6.45, 7) is 7.37. The standard InChI is InChI=1S/C17H24BrNO/c1-17(2,3)10-13(18)11-19-16(20)15-9-14(15)12-7-5-4-6-8-12/h4-8,13-15H,9-11H2,1-3H3,(H,19,20). The molecule has 3 heteroatoms. The number of nitrogens with one attached hydrogen (secondary N) is 1. The Labute approximate surface area is 130 Å². The van der Waals surface area contributed by atoms with Gasteiger partial charge in [0.15, 0.2) is 0 Å². The fourth-order valence-electron chi connectivity index (χ4n) is 2.63. The van der Waals surface area contributed by atoms with E-state index < -0.39 is 0 Å². The maximum absolute atomic E-state index is 12.1. The third-order valence-electron chi connectivity index (χ3n) is 3.69. The molecule has 3 unspecified atom stereocenters. The second-order valence-corrected chi connectivity index (χ2v) is 8.26. The minimum Gasteiger partial charge on any atom is -0.355 e. The fraction of sp³-hybridized carbons (Fsp3) is 0.588. The van der Waals surface area contributed by atoms with Crippen molar-refractivity contribution in [1.82, 2.24) is 5.32 Å². The Balaban J connectivity index is 1.75. The van der Waals surface area contributed by atoms with E-state index in [0.29, 0.717) is 17.3 Å². The molecule has 0 radical (unpaired) electrons. The van der Waals surface area contributed by atoms with Gasteiger partial charge in [0.2, 0.25) is 5.91 Å². The van der Waals surface area contributed by atoms with Crippen LogP contribution in [0.1, 0.15) is 45.1 Å². The van der Waals surface area contributed by atoms with Crippen LogP contribution >= 0.6 is 15.9 Å². The Morgan fingerprint density at radius 3 is 2.60 bits per heavy atom. The molecule has 1 fully saturated rings. The molecule has 2 nitrogen and oxygen atoms in total. The van der Waals surface area contributed by atoms with Gasteiger partial charge < -0.3 is 5.32 Å². The summed E-state index contributed by atoms with van der Waals surface area (Å²) >= 11 is 3.66. The van der Waals surface area contributed by atoms with Crippen molar-refractivity contribution in [1.29, 1.82) is 0 Å². The van der Waals surface area contributed by atoms with Crippen molar-refractivity contribution in [3.63, 3.8) is 0 Å². The van der Waals surface area contributed by atoms with Gasteiger partial charge in [-0.15, -0.1) is 0 Å². The number of carbonyl (C=O) groups excluding carboxylic acids is 1. The normalized spacial score (nSPS) is 23.2. The molecule has 1 aliphatic rings. The highest BCUT2D eigenvalue weighted by molar-refractivity contribution is 9.09. The van der Waals surface area contributed by atoms with E-state index in [1.54, 1.807) is 0 Å². The van der Waals surface area contributed by atoms with Gasteiger partial charge in [0.1, 0.15) is 0 Å². The third kappa shape index (κ3) is 4.62. The molecule has 1 saturated carbocycles. The number of amides is 1. The molecule has 110 valence electrons. The van der Waals surface area contributed by atoms with E-state index in [2.05, 4.69) is 54.2 Å². The third-order valence-corrected chi connectivity index (χ3v) is 4.33. The van der Waals surface area contributed by atoms with Crippen molar-refractivity contribution in [3.8, 4) is 0 Å². The van der Waals surface area contributed by atoms with Crippen molar-refractivity contribution in [2.45, 2.75) is 44.4 Å². The highest BCUT2D eigenvalue weighted by Crippen LogP contribution is 2.47. The SMILES string of the molecule is CC(C)(C)CC(Br)CNC(=O)C1CC1c1ccccc1. The number of benzene rings is 1.